The number of anilines is 1. The minimum atomic E-state index is -0.840. The summed E-state index contributed by atoms with van der Waals surface area (Å²) in [5.74, 6) is 0.247. The van der Waals surface area contributed by atoms with E-state index in [4.69, 9.17) is 10.2 Å². The first-order valence-corrected chi connectivity index (χ1v) is 5.68. The quantitative estimate of drug-likeness (QED) is 0.686. The van der Waals surface area contributed by atoms with Gasteiger partial charge in [0.15, 0.2) is 0 Å². The molecule has 0 spiro atoms. The average molecular weight is 236 g/mol. The Morgan fingerprint density at radius 3 is 2.35 bits per heavy atom. The summed E-state index contributed by atoms with van der Waals surface area (Å²) in [6, 6.07) is 7.21. The van der Waals surface area contributed by atoms with E-state index in [1.807, 2.05) is 12.1 Å². The number of phenolic OH excluding ortho intramolecular Hbond substituents is 1. The van der Waals surface area contributed by atoms with Crippen LogP contribution in [0.2, 0.25) is 0 Å². The fourth-order valence-electron chi connectivity index (χ4n) is 2.01. The number of rotatable bonds is 2. The third kappa shape index (κ3) is 3.03. The van der Waals surface area contributed by atoms with Gasteiger partial charge in [0.2, 0.25) is 0 Å². The third-order valence-corrected chi connectivity index (χ3v) is 3.00. The SMILES string of the molecule is O=C(O)N1CCC(Nc2ccc(O)cc2)CC1. The molecule has 1 aromatic carbocycles. The second-order valence-electron chi connectivity index (χ2n) is 4.24. The second kappa shape index (κ2) is 4.95. The van der Waals surface area contributed by atoms with Gasteiger partial charge in [0, 0.05) is 24.8 Å². The molecule has 3 N–H and O–H groups in total. The van der Waals surface area contributed by atoms with E-state index in [0.29, 0.717) is 19.1 Å². The van der Waals surface area contributed by atoms with Crippen molar-refractivity contribution in [1.82, 2.24) is 4.90 Å². The van der Waals surface area contributed by atoms with Crippen molar-refractivity contribution < 1.29 is 15.0 Å². The molecular weight excluding hydrogens is 220 g/mol. The lowest BCUT2D eigenvalue weighted by molar-refractivity contribution is 0.134. The van der Waals surface area contributed by atoms with Crippen LogP contribution in [-0.4, -0.2) is 40.3 Å². The number of hydrogen-bond acceptors (Lipinski definition) is 3. The highest BCUT2D eigenvalue weighted by atomic mass is 16.4. The number of phenols is 1. The number of likely N-dealkylation sites (tertiary alicyclic amines) is 1. The molecule has 0 unspecified atom stereocenters. The third-order valence-electron chi connectivity index (χ3n) is 3.00. The minimum absolute atomic E-state index is 0.247. The van der Waals surface area contributed by atoms with Crippen LogP contribution in [0, 0.1) is 0 Å². The molecule has 0 atom stereocenters. The Morgan fingerprint density at radius 1 is 1.24 bits per heavy atom. The number of nitrogens with zero attached hydrogens (tertiary/aromatic N) is 1. The molecule has 5 heteroatoms. The molecule has 1 aliphatic heterocycles. The van der Waals surface area contributed by atoms with Crippen molar-refractivity contribution in [3.63, 3.8) is 0 Å². The molecule has 0 bridgehead atoms. The van der Waals surface area contributed by atoms with Gasteiger partial charge in [-0.05, 0) is 37.1 Å². The molecule has 92 valence electrons. The number of benzene rings is 1. The predicted octanol–water partition coefficient (Wildman–Crippen LogP) is 1.95. The highest BCUT2D eigenvalue weighted by Crippen LogP contribution is 2.18. The number of aromatic hydroxyl groups is 1. The van der Waals surface area contributed by atoms with Gasteiger partial charge in [-0.15, -0.1) is 0 Å². The fraction of sp³-hybridized carbons (Fsp3) is 0.417. The highest BCUT2D eigenvalue weighted by molar-refractivity contribution is 5.65. The normalized spacial score (nSPS) is 16.8. The van der Waals surface area contributed by atoms with Gasteiger partial charge < -0.3 is 20.4 Å². The van der Waals surface area contributed by atoms with Crippen molar-refractivity contribution in [2.45, 2.75) is 18.9 Å². The molecule has 0 aliphatic carbocycles. The zero-order valence-electron chi connectivity index (χ0n) is 9.47. The Hall–Kier alpha value is -1.91. The second-order valence-corrected chi connectivity index (χ2v) is 4.24. The van der Waals surface area contributed by atoms with Crippen molar-refractivity contribution in [2.24, 2.45) is 0 Å². The van der Waals surface area contributed by atoms with Crippen LogP contribution < -0.4 is 5.32 Å². The molecule has 1 aliphatic rings. The number of nitrogens with one attached hydrogen (secondary N) is 1. The molecule has 1 aromatic rings. The van der Waals surface area contributed by atoms with Crippen LogP contribution >= 0.6 is 0 Å². The Kier molecular flexibility index (Phi) is 3.37. The maximum Gasteiger partial charge on any atom is 0.407 e. The highest BCUT2D eigenvalue weighted by Gasteiger charge is 2.21. The Bertz CT molecular complexity index is 383. The molecular formula is C12H16N2O3. The van der Waals surface area contributed by atoms with Crippen molar-refractivity contribution in [2.75, 3.05) is 18.4 Å². The summed E-state index contributed by atoms with van der Waals surface area (Å²) in [5, 5.41) is 21.3. The number of carboxylic acid groups (broad SMARTS) is 1. The average Bonchev–Trinajstić information content (AvgIpc) is 2.33. The summed E-state index contributed by atoms with van der Waals surface area (Å²) < 4.78 is 0. The van der Waals surface area contributed by atoms with E-state index in [1.165, 1.54) is 4.90 Å². The van der Waals surface area contributed by atoms with E-state index in [9.17, 15) is 4.79 Å². The van der Waals surface area contributed by atoms with Gasteiger partial charge in [-0.1, -0.05) is 0 Å². The van der Waals surface area contributed by atoms with Gasteiger partial charge >= 0.3 is 6.09 Å². The van der Waals surface area contributed by atoms with Gasteiger partial charge in [-0.3, -0.25) is 0 Å². The van der Waals surface area contributed by atoms with Gasteiger partial charge in [-0.25, -0.2) is 4.79 Å². The summed E-state index contributed by atoms with van der Waals surface area (Å²) in [4.78, 5) is 12.2. The maximum atomic E-state index is 10.7. The van der Waals surface area contributed by atoms with Crippen LogP contribution in [-0.2, 0) is 0 Å². The molecule has 1 saturated heterocycles. The summed E-state index contributed by atoms with van der Waals surface area (Å²) in [7, 11) is 0. The number of carbonyl (C=O) groups is 1. The van der Waals surface area contributed by atoms with E-state index in [-0.39, 0.29) is 5.75 Å². The van der Waals surface area contributed by atoms with Crippen LogP contribution in [0.5, 0.6) is 5.75 Å². The monoisotopic (exact) mass is 236 g/mol. The predicted molar refractivity (Wildman–Crippen MR) is 64.3 cm³/mol. The van der Waals surface area contributed by atoms with Gasteiger partial charge in [0.25, 0.3) is 0 Å². The Balaban J connectivity index is 1.85. The van der Waals surface area contributed by atoms with Gasteiger partial charge in [0.1, 0.15) is 5.75 Å². The molecule has 5 nitrogen and oxygen atoms in total. The smallest absolute Gasteiger partial charge is 0.407 e. The zero-order valence-corrected chi connectivity index (χ0v) is 9.47. The molecule has 1 amide bonds. The summed E-state index contributed by atoms with van der Waals surface area (Å²) >= 11 is 0. The van der Waals surface area contributed by atoms with E-state index >= 15 is 0 Å². The number of amides is 1. The largest absolute Gasteiger partial charge is 0.508 e. The summed E-state index contributed by atoms with van der Waals surface area (Å²) in [6.07, 6.45) is 0.786. The first-order chi connectivity index (χ1) is 8.15. The van der Waals surface area contributed by atoms with E-state index in [2.05, 4.69) is 5.32 Å². The van der Waals surface area contributed by atoms with E-state index in [0.717, 1.165) is 18.5 Å². The first kappa shape index (κ1) is 11.6. The lowest BCUT2D eigenvalue weighted by Gasteiger charge is -2.31. The van der Waals surface area contributed by atoms with Crippen LogP contribution in [0.25, 0.3) is 0 Å². The maximum absolute atomic E-state index is 10.7. The first-order valence-electron chi connectivity index (χ1n) is 5.68. The van der Waals surface area contributed by atoms with Gasteiger partial charge in [-0.2, -0.15) is 0 Å². The minimum Gasteiger partial charge on any atom is -0.508 e. The van der Waals surface area contributed by atoms with E-state index in [1.54, 1.807) is 12.1 Å². The van der Waals surface area contributed by atoms with Crippen LogP contribution in [0.15, 0.2) is 24.3 Å². The molecule has 0 radical (unpaired) electrons. The molecule has 0 aromatic heterocycles. The summed E-state index contributed by atoms with van der Waals surface area (Å²) in [5.41, 5.74) is 0.955. The molecule has 0 saturated carbocycles. The standard InChI is InChI=1S/C12H16N2O3/c15-11-3-1-9(2-4-11)13-10-5-7-14(8-6-10)12(16)17/h1-4,10,13,15H,5-8H2,(H,16,17). The van der Waals surface area contributed by atoms with Crippen LogP contribution in [0.4, 0.5) is 10.5 Å². The van der Waals surface area contributed by atoms with Crippen molar-refractivity contribution in [3.05, 3.63) is 24.3 Å². The Labute approximate surface area is 99.7 Å². The van der Waals surface area contributed by atoms with Crippen LogP contribution in [0.3, 0.4) is 0 Å². The summed E-state index contributed by atoms with van der Waals surface area (Å²) in [6.45, 7) is 1.15. The van der Waals surface area contributed by atoms with Crippen molar-refractivity contribution in [1.29, 1.82) is 0 Å². The molecule has 2 rings (SSSR count). The lowest BCUT2D eigenvalue weighted by atomic mass is 10.1. The van der Waals surface area contributed by atoms with Gasteiger partial charge in [0.05, 0.1) is 0 Å². The van der Waals surface area contributed by atoms with Crippen molar-refractivity contribution >= 4 is 11.8 Å². The molecule has 1 heterocycles. The Morgan fingerprint density at radius 2 is 1.82 bits per heavy atom. The molecule has 17 heavy (non-hydrogen) atoms. The van der Waals surface area contributed by atoms with Crippen LogP contribution in [0.1, 0.15) is 12.8 Å². The van der Waals surface area contributed by atoms with E-state index < -0.39 is 6.09 Å². The van der Waals surface area contributed by atoms with Crippen molar-refractivity contribution in [3.8, 4) is 5.75 Å². The zero-order chi connectivity index (χ0) is 12.3. The number of hydrogen-bond donors (Lipinski definition) is 3. The lowest BCUT2D eigenvalue weighted by Crippen LogP contribution is -2.41. The molecule has 1 fully saturated rings. The fourth-order valence-corrected chi connectivity index (χ4v) is 2.01. The topological polar surface area (TPSA) is 72.8 Å². The number of piperidine rings is 1.